The number of esters is 1. The van der Waals surface area contributed by atoms with Crippen LogP contribution in [0.3, 0.4) is 0 Å². The molecule has 6 nitrogen and oxygen atoms in total. The van der Waals surface area contributed by atoms with Crippen molar-refractivity contribution in [3.05, 3.63) is 64.8 Å². The van der Waals surface area contributed by atoms with Crippen molar-refractivity contribution in [3.63, 3.8) is 0 Å². The Labute approximate surface area is 142 Å². The minimum atomic E-state index is -0.663. The van der Waals surface area contributed by atoms with Gasteiger partial charge in [-0.2, -0.15) is 10.5 Å². The number of hydrogen-bond donors (Lipinski definition) is 2. The SMILES string of the molecule is N#CC(C#N)=CNc1cc(Cl)cc(OC(=O)c2ccccc2)c1O. The summed E-state index contributed by atoms with van der Waals surface area (Å²) in [6.45, 7) is 0. The van der Waals surface area contributed by atoms with Gasteiger partial charge in [0.25, 0.3) is 0 Å². The van der Waals surface area contributed by atoms with Crippen LogP contribution in [0.25, 0.3) is 0 Å². The third-order valence-corrected chi connectivity index (χ3v) is 3.08. The van der Waals surface area contributed by atoms with E-state index >= 15 is 0 Å². The molecule has 0 aromatic heterocycles. The predicted octanol–water partition coefficient (Wildman–Crippen LogP) is 3.61. The molecule has 2 N–H and O–H groups in total. The fraction of sp³-hybridized carbons (Fsp3) is 0. The number of rotatable bonds is 4. The summed E-state index contributed by atoms with van der Waals surface area (Å²) in [5.41, 5.74) is 0.195. The first-order valence-corrected chi connectivity index (χ1v) is 6.99. The molecule has 2 aromatic carbocycles. The second kappa shape index (κ2) is 7.68. The lowest BCUT2D eigenvalue weighted by atomic mass is 10.2. The number of carbonyl (C=O) groups excluding carboxylic acids is 1. The van der Waals surface area contributed by atoms with Gasteiger partial charge in [-0.3, -0.25) is 0 Å². The van der Waals surface area contributed by atoms with Crippen molar-refractivity contribution in [2.75, 3.05) is 5.32 Å². The summed E-state index contributed by atoms with van der Waals surface area (Å²) in [6.07, 6.45) is 1.11. The number of benzene rings is 2. The molecule has 118 valence electrons. The number of nitriles is 2. The lowest BCUT2D eigenvalue weighted by molar-refractivity contribution is 0.0730. The van der Waals surface area contributed by atoms with Gasteiger partial charge in [-0.25, -0.2) is 4.79 Å². The molecular weight excluding hydrogens is 330 g/mol. The zero-order chi connectivity index (χ0) is 17.5. The minimum Gasteiger partial charge on any atom is -0.503 e. The zero-order valence-electron chi connectivity index (χ0n) is 12.2. The molecular formula is C17H10ClN3O3. The molecule has 0 spiro atoms. The summed E-state index contributed by atoms with van der Waals surface area (Å²) in [6, 6.07) is 14.2. The normalized spacial score (nSPS) is 9.29. The lowest BCUT2D eigenvalue weighted by Crippen LogP contribution is -2.08. The van der Waals surface area contributed by atoms with E-state index in [1.807, 2.05) is 0 Å². The molecule has 0 bridgehead atoms. The van der Waals surface area contributed by atoms with Crippen molar-refractivity contribution in [1.29, 1.82) is 10.5 Å². The monoisotopic (exact) mass is 339 g/mol. The van der Waals surface area contributed by atoms with Crippen molar-refractivity contribution < 1.29 is 14.6 Å². The van der Waals surface area contributed by atoms with Gasteiger partial charge in [0.1, 0.15) is 17.7 Å². The smallest absolute Gasteiger partial charge is 0.343 e. The number of carbonyl (C=O) groups is 1. The first-order chi connectivity index (χ1) is 11.5. The number of allylic oxidation sites excluding steroid dienone is 1. The van der Waals surface area contributed by atoms with E-state index in [1.165, 1.54) is 12.1 Å². The van der Waals surface area contributed by atoms with Crippen LogP contribution in [0.4, 0.5) is 5.69 Å². The maximum atomic E-state index is 12.1. The summed E-state index contributed by atoms with van der Waals surface area (Å²) in [5.74, 6) is -1.19. The molecule has 0 fully saturated rings. The van der Waals surface area contributed by atoms with Crippen LogP contribution in [0.15, 0.2) is 54.2 Å². The van der Waals surface area contributed by atoms with Gasteiger partial charge in [-0.15, -0.1) is 0 Å². The number of ether oxygens (including phenoxy) is 1. The van der Waals surface area contributed by atoms with Gasteiger partial charge >= 0.3 is 5.97 Å². The van der Waals surface area contributed by atoms with Gasteiger partial charge in [0.2, 0.25) is 0 Å². The molecule has 0 saturated carbocycles. The molecule has 0 unspecified atom stereocenters. The lowest BCUT2D eigenvalue weighted by Gasteiger charge is -2.11. The van der Waals surface area contributed by atoms with E-state index in [1.54, 1.807) is 42.5 Å². The number of aromatic hydroxyl groups is 1. The molecule has 0 saturated heterocycles. The highest BCUT2D eigenvalue weighted by Crippen LogP contribution is 2.38. The van der Waals surface area contributed by atoms with Crippen LogP contribution in [0, 0.1) is 22.7 Å². The topological polar surface area (TPSA) is 106 Å². The molecule has 0 aliphatic carbocycles. The highest BCUT2D eigenvalue weighted by Gasteiger charge is 2.15. The number of hydrogen-bond acceptors (Lipinski definition) is 6. The molecule has 24 heavy (non-hydrogen) atoms. The van der Waals surface area contributed by atoms with Crippen LogP contribution in [0.1, 0.15) is 10.4 Å². The number of phenols is 1. The predicted molar refractivity (Wildman–Crippen MR) is 87.4 cm³/mol. The van der Waals surface area contributed by atoms with E-state index in [2.05, 4.69) is 5.32 Å². The van der Waals surface area contributed by atoms with Crippen molar-refractivity contribution in [1.82, 2.24) is 0 Å². The number of anilines is 1. The molecule has 2 aromatic rings. The first kappa shape index (κ1) is 16.9. The Morgan fingerprint density at radius 1 is 1.21 bits per heavy atom. The Balaban J connectivity index is 2.29. The highest BCUT2D eigenvalue weighted by molar-refractivity contribution is 6.31. The third kappa shape index (κ3) is 4.04. The maximum absolute atomic E-state index is 12.1. The van der Waals surface area contributed by atoms with Crippen molar-refractivity contribution in [3.8, 4) is 23.6 Å². The maximum Gasteiger partial charge on any atom is 0.343 e. The fourth-order valence-electron chi connectivity index (χ4n) is 1.73. The van der Waals surface area contributed by atoms with Crippen molar-refractivity contribution in [2.45, 2.75) is 0 Å². The Hall–Kier alpha value is -3.48. The Morgan fingerprint density at radius 2 is 1.88 bits per heavy atom. The summed E-state index contributed by atoms with van der Waals surface area (Å²) in [7, 11) is 0. The molecule has 0 aliphatic rings. The van der Waals surface area contributed by atoms with Gasteiger partial charge in [0, 0.05) is 17.3 Å². The number of halogens is 1. The average Bonchev–Trinajstić information content (AvgIpc) is 2.60. The van der Waals surface area contributed by atoms with Crippen LogP contribution in [-0.2, 0) is 0 Å². The average molecular weight is 340 g/mol. The largest absolute Gasteiger partial charge is 0.503 e. The van der Waals surface area contributed by atoms with Crippen LogP contribution in [0.5, 0.6) is 11.5 Å². The van der Waals surface area contributed by atoms with Gasteiger partial charge in [-0.1, -0.05) is 29.8 Å². The number of nitrogens with one attached hydrogen (secondary N) is 1. The summed E-state index contributed by atoms with van der Waals surface area (Å²) < 4.78 is 5.15. The van der Waals surface area contributed by atoms with E-state index in [0.29, 0.717) is 5.56 Å². The number of nitrogens with zero attached hydrogens (tertiary/aromatic N) is 2. The fourth-order valence-corrected chi connectivity index (χ4v) is 1.94. The molecule has 7 heteroatoms. The van der Waals surface area contributed by atoms with Gasteiger partial charge in [-0.05, 0) is 18.2 Å². The highest BCUT2D eigenvalue weighted by atomic mass is 35.5. The number of phenolic OH excluding ortho intramolecular Hbond substituents is 1. The molecule has 0 heterocycles. The first-order valence-electron chi connectivity index (χ1n) is 6.61. The van der Waals surface area contributed by atoms with E-state index in [9.17, 15) is 9.90 Å². The van der Waals surface area contributed by atoms with Gasteiger partial charge in [0.05, 0.1) is 11.3 Å². The molecule has 0 aliphatic heterocycles. The van der Waals surface area contributed by atoms with Crippen molar-refractivity contribution in [2.24, 2.45) is 0 Å². The second-order valence-corrected chi connectivity index (χ2v) is 4.92. The minimum absolute atomic E-state index is 0.0846. The quantitative estimate of drug-likeness (QED) is 0.381. The van der Waals surface area contributed by atoms with Crippen LogP contribution >= 0.6 is 11.6 Å². The van der Waals surface area contributed by atoms with E-state index < -0.39 is 5.97 Å². The van der Waals surface area contributed by atoms with E-state index in [-0.39, 0.29) is 27.8 Å². The third-order valence-electron chi connectivity index (χ3n) is 2.86. The molecule has 0 radical (unpaired) electrons. The molecule has 0 atom stereocenters. The van der Waals surface area contributed by atoms with Crippen LogP contribution in [0.2, 0.25) is 5.02 Å². The van der Waals surface area contributed by atoms with Crippen molar-refractivity contribution >= 4 is 23.3 Å². The Kier molecular flexibility index (Phi) is 5.40. The Morgan fingerprint density at radius 3 is 2.50 bits per heavy atom. The Bertz CT molecular complexity index is 864. The standard InChI is InChI=1S/C17H10ClN3O3/c18-13-6-14(21-10-11(8-19)9-20)16(22)15(7-13)24-17(23)12-4-2-1-3-5-12/h1-7,10,21-22H. The van der Waals surface area contributed by atoms with Crippen LogP contribution < -0.4 is 10.1 Å². The summed E-state index contributed by atoms with van der Waals surface area (Å²) >= 11 is 5.94. The second-order valence-electron chi connectivity index (χ2n) is 4.48. The molecule has 2 rings (SSSR count). The van der Waals surface area contributed by atoms with E-state index in [0.717, 1.165) is 6.20 Å². The van der Waals surface area contributed by atoms with Crippen LogP contribution in [-0.4, -0.2) is 11.1 Å². The summed E-state index contributed by atoms with van der Waals surface area (Å²) in [4.78, 5) is 12.1. The van der Waals surface area contributed by atoms with Gasteiger partial charge in [0.15, 0.2) is 11.5 Å². The summed E-state index contributed by atoms with van der Waals surface area (Å²) in [5, 5.41) is 30.3. The zero-order valence-corrected chi connectivity index (χ0v) is 12.9. The van der Waals surface area contributed by atoms with E-state index in [4.69, 9.17) is 26.9 Å². The molecule has 0 amide bonds. The van der Waals surface area contributed by atoms with Gasteiger partial charge < -0.3 is 15.2 Å².